The minimum atomic E-state index is -3.87. The van der Waals surface area contributed by atoms with Gasteiger partial charge in [-0.25, -0.2) is 13.2 Å². The molecule has 19 heavy (non-hydrogen) atoms. The largest absolute Gasteiger partial charge is 0.459 e. The molecule has 1 aliphatic rings. The van der Waals surface area contributed by atoms with Gasteiger partial charge in [-0.1, -0.05) is 0 Å². The molecule has 4 nitrogen and oxygen atoms in total. The molecule has 0 saturated heterocycles. The van der Waals surface area contributed by atoms with Gasteiger partial charge in [-0.15, -0.1) is 0 Å². The van der Waals surface area contributed by atoms with Crippen LogP contribution in [0.15, 0.2) is 17.0 Å². The molecular formula is C13H15ClO4S. The Labute approximate surface area is 117 Å². The van der Waals surface area contributed by atoms with Gasteiger partial charge in [0.15, 0.2) is 0 Å². The summed E-state index contributed by atoms with van der Waals surface area (Å²) in [7, 11) is 1.51. The van der Waals surface area contributed by atoms with Gasteiger partial charge >= 0.3 is 5.97 Å². The van der Waals surface area contributed by atoms with Crippen LogP contribution in [0.25, 0.3) is 0 Å². The number of hydrogen-bond donors (Lipinski definition) is 0. The molecule has 1 aromatic rings. The molecular weight excluding hydrogens is 288 g/mol. The van der Waals surface area contributed by atoms with Crippen molar-refractivity contribution >= 4 is 25.7 Å². The minimum Gasteiger partial charge on any atom is -0.459 e. The number of rotatable bonds is 3. The summed E-state index contributed by atoms with van der Waals surface area (Å²) < 4.78 is 28.2. The normalized spacial score (nSPS) is 15.9. The number of hydrogen-bond acceptors (Lipinski definition) is 4. The molecule has 6 heteroatoms. The summed E-state index contributed by atoms with van der Waals surface area (Å²) in [6.45, 7) is 3.40. The van der Waals surface area contributed by atoms with Gasteiger partial charge in [0.25, 0.3) is 9.05 Å². The second-order valence-corrected chi connectivity index (χ2v) is 7.35. The fraction of sp³-hybridized carbons (Fsp3) is 0.462. The summed E-state index contributed by atoms with van der Waals surface area (Å²) in [5.41, 5.74) is 1.48. The number of carbonyl (C=O) groups is 1. The molecule has 0 radical (unpaired) electrons. The first-order valence-corrected chi connectivity index (χ1v) is 8.37. The monoisotopic (exact) mass is 302 g/mol. The molecule has 1 fully saturated rings. The lowest BCUT2D eigenvalue weighted by molar-refractivity contribution is 0.00897. The highest BCUT2D eigenvalue weighted by Gasteiger charge is 2.24. The Kier molecular flexibility index (Phi) is 3.87. The molecule has 0 N–H and O–H groups in total. The van der Waals surface area contributed by atoms with Crippen molar-refractivity contribution < 1.29 is 17.9 Å². The van der Waals surface area contributed by atoms with Gasteiger partial charge < -0.3 is 4.74 Å². The van der Waals surface area contributed by atoms with E-state index in [4.69, 9.17) is 15.4 Å². The first kappa shape index (κ1) is 14.3. The fourth-order valence-electron chi connectivity index (χ4n) is 1.91. The van der Waals surface area contributed by atoms with E-state index in [1.807, 2.05) is 0 Å². The van der Waals surface area contributed by atoms with E-state index in [2.05, 4.69) is 0 Å². The van der Waals surface area contributed by atoms with Crippen molar-refractivity contribution in [2.45, 2.75) is 44.1 Å². The van der Waals surface area contributed by atoms with Crippen molar-refractivity contribution in [3.8, 4) is 0 Å². The molecule has 0 heterocycles. The maximum absolute atomic E-state index is 11.9. The zero-order chi connectivity index (χ0) is 14.2. The Bertz CT molecular complexity index is 618. The molecule has 1 saturated carbocycles. The Morgan fingerprint density at radius 3 is 2.42 bits per heavy atom. The third kappa shape index (κ3) is 3.09. The average Bonchev–Trinajstić information content (AvgIpc) is 2.25. The molecule has 0 aromatic heterocycles. The number of ether oxygens (including phenoxy) is 1. The second kappa shape index (κ2) is 5.13. The van der Waals surface area contributed by atoms with Crippen LogP contribution >= 0.6 is 10.7 Å². The topological polar surface area (TPSA) is 60.4 Å². The molecule has 0 atom stereocenters. The van der Waals surface area contributed by atoms with E-state index in [9.17, 15) is 13.2 Å². The summed E-state index contributed by atoms with van der Waals surface area (Å²) >= 11 is 0. The Hall–Kier alpha value is -1.07. The van der Waals surface area contributed by atoms with Crippen LogP contribution in [0.2, 0.25) is 0 Å². The van der Waals surface area contributed by atoms with Gasteiger partial charge in [-0.05, 0) is 56.4 Å². The maximum atomic E-state index is 11.9. The lowest BCUT2D eigenvalue weighted by atomic mass is 9.96. The molecule has 0 amide bonds. The molecule has 0 unspecified atom stereocenters. The van der Waals surface area contributed by atoms with E-state index in [1.54, 1.807) is 19.9 Å². The third-order valence-corrected chi connectivity index (χ3v) is 4.89. The Balaban J connectivity index is 2.36. The predicted octanol–water partition coefficient (Wildman–Crippen LogP) is 2.94. The summed E-state index contributed by atoms with van der Waals surface area (Å²) in [5.74, 6) is -0.491. The summed E-state index contributed by atoms with van der Waals surface area (Å²) in [6, 6.07) is 2.91. The first-order valence-electron chi connectivity index (χ1n) is 6.06. The van der Waals surface area contributed by atoms with Crippen LogP contribution in [0.1, 0.15) is 40.7 Å². The highest BCUT2D eigenvalue weighted by Crippen LogP contribution is 2.27. The van der Waals surface area contributed by atoms with Crippen molar-refractivity contribution in [2.75, 3.05) is 0 Å². The van der Waals surface area contributed by atoms with E-state index < -0.39 is 15.0 Å². The number of esters is 1. The second-order valence-electron chi connectivity index (χ2n) is 4.81. The van der Waals surface area contributed by atoms with E-state index in [-0.39, 0.29) is 16.6 Å². The maximum Gasteiger partial charge on any atom is 0.338 e. The van der Waals surface area contributed by atoms with Crippen molar-refractivity contribution in [1.82, 2.24) is 0 Å². The van der Waals surface area contributed by atoms with Crippen LogP contribution < -0.4 is 0 Å². The van der Waals surface area contributed by atoms with Gasteiger partial charge in [-0.3, -0.25) is 0 Å². The predicted molar refractivity (Wildman–Crippen MR) is 72.0 cm³/mol. The quantitative estimate of drug-likeness (QED) is 0.636. The van der Waals surface area contributed by atoms with Crippen LogP contribution in [-0.4, -0.2) is 20.5 Å². The van der Waals surface area contributed by atoms with Crippen LogP contribution in [0.4, 0.5) is 0 Å². The standard InChI is InChI=1S/C13H15ClO4S/c1-8-6-10(13(15)18-11-4-3-5-11)7-12(9(8)2)19(14,16)17/h6-7,11H,3-5H2,1-2H3. The molecule has 0 aliphatic heterocycles. The van der Waals surface area contributed by atoms with Crippen molar-refractivity contribution in [3.63, 3.8) is 0 Å². The van der Waals surface area contributed by atoms with Crippen molar-refractivity contribution in [2.24, 2.45) is 0 Å². The Morgan fingerprint density at radius 2 is 1.95 bits per heavy atom. The average molecular weight is 303 g/mol. The number of benzene rings is 1. The Morgan fingerprint density at radius 1 is 1.32 bits per heavy atom. The lowest BCUT2D eigenvalue weighted by Gasteiger charge is -2.25. The summed E-state index contributed by atoms with van der Waals surface area (Å²) in [4.78, 5) is 11.9. The van der Waals surface area contributed by atoms with E-state index in [0.29, 0.717) is 11.1 Å². The summed E-state index contributed by atoms with van der Waals surface area (Å²) in [5, 5.41) is 0. The van der Waals surface area contributed by atoms with Crippen LogP contribution in [0, 0.1) is 13.8 Å². The molecule has 0 bridgehead atoms. The van der Waals surface area contributed by atoms with Gasteiger partial charge in [0.05, 0.1) is 10.5 Å². The van der Waals surface area contributed by atoms with Crippen LogP contribution in [0.3, 0.4) is 0 Å². The van der Waals surface area contributed by atoms with Crippen molar-refractivity contribution in [3.05, 3.63) is 28.8 Å². The van der Waals surface area contributed by atoms with Gasteiger partial charge in [0, 0.05) is 10.7 Å². The van der Waals surface area contributed by atoms with Gasteiger partial charge in [0.2, 0.25) is 0 Å². The van der Waals surface area contributed by atoms with Crippen LogP contribution in [-0.2, 0) is 13.8 Å². The zero-order valence-electron chi connectivity index (χ0n) is 10.8. The van der Waals surface area contributed by atoms with E-state index >= 15 is 0 Å². The van der Waals surface area contributed by atoms with Crippen LogP contribution in [0.5, 0.6) is 0 Å². The van der Waals surface area contributed by atoms with Crippen molar-refractivity contribution in [1.29, 1.82) is 0 Å². The van der Waals surface area contributed by atoms with Gasteiger partial charge in [0.1, 0.15) is 6.10 Å². The summed E-state index contributed by atoms with van der Waals surface area (Å²) in [6.07, 6.45) is 2.77. The first-order chi connectivity index (χ1) is 8.79. The lowest BCUT2D eigenvalue weighted by Crippen LogP contribution is -2.25. The number of aryl methyl sites for hydroxylation is 1. The van der Waals surface area contributed by atoms with Gasteiger partial charge in [-0.2, -0.15) is 0 Å². The fourth-order valence-corrected chi connectivity index (χ4v) is 3.18. The highest BCUT2D eigenvalue weighted by molar-refractivity contribution is 8.13. The number of halogens is 1. The molecule has 2 rings (SSSR count). The zero-order valence-corrected chi connectivity index (χ0v) is 12.3. The molecule has 0 spiro atoms. The third-order valence-electron chi connectivity index (χ3n) is 3.44. The molecule has 1 aliphatic carbocycles. The van der Waals surface area contributed by atoms with E-state index in [0.717, 1.165) is 19.3 Å². The molecule has 1 aromatic carbocycles. The number of carbonyl (C=O) groups excluding carboxylic acids is 1. The SMILES string of the molecule is Cc1cc(C(=O)OC2CCC2)cc(S(=O)(=O)Cl)c1C. The van der Waals surface area contributed by atoms with E-state index in [1.165, 1.54) is 6.07 Å². The highest BCUT2D eigenvalue weighted by atomic mass is 35.7. The minimum absolute atomic E-state index is 0.0327. The molecule has 104 valence electrons. The smallest absolute Gasteiger partial charge is 0.338 e.